The van der Waals surface area contributed by atoms with E-state index in [9.17, 15) is 10.2 Å². The molecular formula is C11H14O3. The minimum absolute atomic E-state index is 0.0149. The summed E-state index contributed by atoms with van der Waals surface area (Å²) in [5.74, 6) is 0.705. The second-order valence-corrected chi connectivity index (χ2v) is 3.89. The fourth-order valence-electron chi connectivity index (χ4n) is 1.88. The van der Waals surface area contributed by atoms with Crippen molar-refractivity contribution in [3.8, 4) is 17.2 Å². The van der Waals surface area contributed by atoms with Crippen molar-refractivity contribution in [1.29, 1.82) is 0 Å². The summed E-state index contributed by atoms with van der Waals surface area (Å²) in [4.78, 5) is 0. The zero-order chi connectivity index (χ0) is 10.5. The highest BCUT2D eigenvalue weighted by Gasteiger charge is 2.28. The smallest absolute Gasteiger partial charge is 0.164 e. The van der Waals surface area contributed by atoms with Gasteiger partial charge in [0.25, 0.3) is 0 Å². The van der Waals surface area contributed by atoms with Crippen LogP contribution in [0, 0.1) is 13.8 Å². The third-order valence-corrected chi connectivity index (χ3v) is 2.85. The van der Waals surface area contributed by atoms with E-state index in [0.29, 0.717) is 12.0 Å². The van der Waals surface area contributed by atoms with Crippen molar-refractivity contribution < 1.29 is 14.9 Å². The topological polar surface area (TPSA) is 49.7 Å². The Bertz CT molecular complexity index is 359. The Morgan fingerprint density at radius 3 is 2.43 bits per heavy atom. The van der Waals surface area contributed by atoms with Crippen LogP contribution in [0.3, 0.4) is 0 Å². The number of ether oxygens (including phenoxy) is 1. The van der Waals surface area contributed by atoms with Crippen LogP contribution in [0.25, 0.3) is 0 Å². The zero-order valence-electron chi connectivity index (χ0n) is 8.59. The van der Waals surface area contributed by atoms with Gasteiger partial charge in [-0.25, -0.2) is 0 Å². The lowest BCUT2D eigenvalue weighted by molar-refractivity contribution is 0.253. The van der Waals surface area contributed by atoms with Gasteiger partial charge in [-0.2, -0.15) is 0 Å². The van der Waals surface area contributed by atoms with Gasteiger partial charge in [-0.3, -0.25) is 0 Å². The molecule has 0 amide bonds. The largest absolute Gasteiger partial charge is 0.504 e. The molecule has 1 heterocycles. The molecule has 1 aliphatic heterocycles. The van der Waals surface area contributed by atoms with Crippen LogP contribution < -0.4 is 4.74 Å². The summed E-state index contributed by atoms with van der Waals surface area (Å²) in [5.41, 5.74) is 2.34. The van der Waals surface area contributed by atoms with E-state index in [1.165, 1.54) is 0 Å². The molecule has 76 valence electrons. The number of rotatable bonds is 0. The van der Waals surface area contributed by atoms with Crippen molar-refractivity contribution >= 4 is 0 Å². The number of phenolic OH excluding ortho intramolecular Hbond substituents is 2. The molecule has 0 spiro atoms. The van der Waals surface area contributed by atoms with E-state index in [4.69, 9.17) is 4.74 Å². The van der Waals surface area contributed by atoms with Gasteiger partial charge in [-0.15, -0.1) is 0 Å². The van der Waals surface area contributed by atoms with Crippen LogP contribution in [0.4, 0.5) is 0 Å². The Kier molecular flexibility index (Phi) is 1.84. The van der Waals surface area contributed by atoms with Gasteiger partial charge in [0.15, 0.2) is 11.5 Å². The van der Waals surface area contributed by atoms with Gasteiger partial charge in [0.1, 0.15) is 11.9 Å². The molecule has 3 nitrogen and oxygen atoms in total. The average Bonchev–Trinajstić information content (AvgIpc) is 2.54. The van der Waals surface area contributed by atoms with Crippen LogP contribution in [0.1, 0.15) is 23.6 Å². The van der Waals surface area contributed by atoms with Gasteiger partial charge >= 0.3 is 0 Å². The molecule has 0 aliphatic carbocycles. The molecule has 2 rings (SSSR count). The Hall–Kier alpha value is -1.38. The van der Waals surface area contributed by atoms with Gasteiger partial charge in [-0.05, 0) is 26.3 Å². The molecule has 1 aliphatic rings. The summed E-state index contributed by atoms with van der Waals surface area (Å²) < 4.78 is 5.58. The highest BCUT2D eigenvalue weighted by Crippen LogP contribution is 2.45. The molecule has 2 N–H and O–H groups in total. The van der Waals surface area contributed by atoms with E-state index in [1.54, 1.807) is 6.92 Å². The lowest BCUT2D eigenvalue weighted by Crippen LogP contribution is -2.05. The average molecular weight is 194 g/mol. The Balaban J connectivity index is 2.70. The maximum Gasteiger partial charge on any atom is 0.164 e. The third-order valence-electron chi connectivity index (χ3n) is 2.85. The van der Waals surface area contributed by atoms with Gasteiger partial charge in [0.2, 0.25) is 0 Å². The molecule has 1 atom stereocenters. The van der Waals surface area contributed by atoms with Gasteiger partial charge in [0, 0.05) is 17.5 Å². The molecule has 0 saturated heterocycles. The first-order chi connectivity index (χ1) is 6.52. The SMILES string of the molecule is Cc1c(C)c2c(c(O)c1O)CC(C)O2. The van der Waals surface area contributed by atoms with Crippen molar-refractivity contribution in [3.05, 3.63) is 16.7 Å². The van der Waals surface area contributed by atoms with Crippen molar-refractivity contribution in [2.75, 3.05) is 0 Å². The van der Waals surface area contributed by atoms with Gasteiger partial charge in [0.05, 0.1) is 0 Å². The van der Waals surface area contributed by atoms with Gasteiger partial charge < -0.3 is 14.9 Å². The molecule has 1 aromatic carbocycles. The van der Waals surface area contributed by atoms with E-state index in [1.807, 2.05) is 13.8 Å². The van der Waals surface area contributed by atoms with E-state index in [0.717, 1.165) is 16.9 Å². The summed E-state index contributed by atoms with van der Waals surface area (Å²) >= 11 is 0. The lowest BCUT2D eigenvalue weighted by atomic mass is 10.0. The Morgan fingerprint density at radius 2 is 1.79 bits per heavy atom. The molecule has 0 fully saturated rings. The third kappa shape index (κ3) is 1.05. The van der Waals surface area contributed by atoms with Crippen LogP contribution in [0.15, 0.2) is 0 Å². The zero-order valence-corrected chi connectivity index (χ0v) is 8.59. The monoisotopic (exact) mass is 194 g/mol. The molecule has 0 radical (unpaired) electrons. The normalized spacial score (nSPS) is 19.2. The molecule has 1 unspecified atom stereocenters. The molecular weight excluding hydrogens is 180 g/mol. The van der Waals surface area contributed by atoms with E-state index >= 15 is 0 Å². The number of aromatic hydroxyl groups is 2. The number of hydrogen-bond acceptors (Lipinski definition) is 3. The van der Waals surface area contributed by atoms with Crippen molar-refractivity contribution in [2.45, 2.75) is 33.3 Å². The van der Waals surface area contributed by atoms with Crippen LogP contribution in [-0.4, -0.2) is 16.3 Å². The maximum atomic E-state index is 9.71. The van der Waals surface area contributed by atoms with Crippen LogP contribution >= 0.6 is 0 Å². The van der Waals surface area contributed by atoms with E-state index < -0.39 is 0 Å². The van der Waals surface area contributed by atoms with E-state index in [2.05, 4.69) is 0 Å². The quantitative estimate of drug-likeness (QED) is 0.621. The highest BCUT2D eigenvalue weighted by atomic mass is 16.5. The van der Waals surface area contributed by atoms with Crippen molar-refractivity contribution in [1.82, 2.24) is 0 Å². The van der Waals surface area contributed by atoms with Gasteiger partial charge in [-0.1, -0.05) is 0 Å². The van der Waals surface area contributed by atoms with Crippen LogP contribution in [-0.2, 0) is 6.42 Å². The Morgan fingerprint density at radius 1 is 1.14 bits per heavy atom. The summed E-state index contributed by atoms with van der Waals surface area (Å²) in [6.07, 6.45) is 0.742. The minimum atomic E-state index is -0.0209. The molecule has 0 aromatic heterocycles. The standard InChI is InChI=1S/C11H14O3/c1-5-4-8-10(13)9(12)6(2)7(3)11(8)14-5/h5,12-13H,4H2,1-3H3. The second kappa shape index (κ2) is 2.80. The predicted octanol–water partition coefficient (Wildman–Crippen LogP) is 2.04. The molecule has 3 heteroatoms. The molecule has 0 saturated carbocycles. The number of phenols is 2. The first-order valence-electron chi connectivity index (χ1n) is 4.73. The first-order valence-corrected chi connectivity index (χ1v) is 4.73. The fraction of sp³-hybridized carbons (Fsp3) is 0.455. The maximum absolute atomic E-state index is 9.71. The fourth-order valence-corrected chi connectivity index (χ4v) is 1.88. The molecule has 14 heavy (non-hydrogen) atoms. The predicted molar refractivity (Wildman–Crippen MR) is 53.0 cm³/mol. The minimum Gasteiger partial charge on any atom is -0.504 e. The summed E-state index contributed by atoms with van der Waals surface area (Å²) in [7, 11) is 0. The van der Waals surface area contributed by atoms with Crippen LogP contribution in [0.5, 0.6) is 17.2 Å². The number of fused-ring (bicyclic) bond motifs is 1. The van der Waals surface area contributed by atoms with Crippen molar-refractivity contribution in [2.24, 2.45) is 0 Å². The molecule has 1 aromatic rings. The number of hydrogen-bond donors (Lipinski definition) is 2. The Labute approximate surface area is 83.0 Å². The first kappa shape index (κ1) is 9.19. The second-order valence-electron chi connectivity index (χ2n) is 3.89. The highest BCUT2D eigenvalue weighted by molar-refractivity contribution is 5.62. The van der Waals surface area contributed by atoms with Crippen LogP contribution in [0.2, 0.25) is 0 Å². The summed E-state index contributed by atoms with van der Waals surface area (Å²) in [6, 6.07) is 0. The molecule has 0 bridgehead atoms. The van der Waals surface area contributed by atoms with Crippen molar-refractivity contribution in [3.63, 3.8) is 0 Å². The number of benzene rings is 1. The lowest BCUT2D eigenvalue weighted by Gasteiger charge is -2.11. The summed E-state index contributed by atoms with van der Waals surface area (Å²) in [5, 5.41) is 19.3. The van der Waals surface area contributed by atoms with E-state index in [-0.39, 0.29) is 17.6 Å². The summed E-state index contributed by atoms with van der Waals surface area (Å²) in [6.45, 7) is 5.62.